The minimum atomic E-state index is -0.314. The molecule has 1 saturated heterocycles. The third-order valence-corrected chi connectivity index (χ3v) is 4.44. The molecule has 1 aliphatic rings. The van der Waals surface area contributed by atoms with Crippen LogP contribution in [0, 0.1) is 0 Å². The van der Waals surface area contributed by atoms with Gasteiger partial charge in [0.05, 0.1) is 25.1 Å². The fourth-order valence-corrected chi connectivity index (χ4v) is 3.06. The Labute approximate surface area is 155 Å². The lowest BCUT2D eigenvalue weighted by Crippen LogP contribution is -2.42. The van der Waals surface area contributed by atoms with Gasteiger partial charge in [-0.2, -0.15) is 5.10 Å². The van der Waals surface area contributed by atoms with Gasteiger partial charge in [-0.15, -0.1) is 0 Å². The van der Waals surface area contributed by atoms with Gasteiger partial charge in [-0.25, -0.2) is 0 Å². The number of hydrogen-bond acceptors (Lipinski definition) is 5. The van der Waals surface area contributed by atoms with Gasteiger partial charge < -0.3 is 15.0 Å². The number of benzene rings is 1. The molecule has 1 N–H and O–H groups in total. The van der Waals surface area contributed by atoms with Gasteiger partial charge in [0.25, 0.3) is 5.91 Å². The van der Waals surface area contributed by atoms with E-state index in [-0.39, 0.29) is 18.4 Å². The van der Waals surface area contributed by atoms with Crippen molar-refractivity contribution in [2.45, 2.75) is 6.54 Å². The molecular weight excluding hydrogens is 346 g/mol. The van der Waals surface area contributed by atoms with E-state index >= 15 is 0 Å². The van der Waals surface area contributed by atoms with E-state index in [4.69, 9.17) is 4.74 Å². The van der Waals surface area contributed by atoms with Crippen molar-refractivity contribution in [1.29, 1.82) is 0 Å². The normalized spacial score (nSPS) is 14.3. The number of rotatable bonds is 4. The highest BCUT2D eigenvalue weighted by Crippen LogP contribution is 2.17. The topological polar surface area (TPSA) is 89.4 Å². The fraction of sp³-hybridized carbons (Fsp3) is 0.263. The molecule has 2 amide bonds. The number of ether oxygens (including phenoxy) is 1. The third kappa shape index (κ3) is 3.80. The summed E-state index contributed by atoms with van der Waals surface area (Å²) in [6.45, 7) is 2.43. The molecule has 1 aromatic carbocycles. The van der Waals surface area contributed by atoms with Gasteiger partial charge >= 0.3 is 0 Å². The highest BCUT2D eigenvalue weighted by Gasteiger charge is 2.18. The Hall–Kier alpha value is -3.26. The fourth-order valence-electron chi connectivity index (χ4n) is 3.06. The summed E-state index contributed by atoms with van der Waals surface area (Å²) >= 11 is 0. The zero-order chi connectivity index (χ0) is 18.6. The maximum Gasteiger partial charge on any atom is 0.274 e. The summed E-state index contributed by atoms with van der Waals surface area (Å²) < 4.78 is 6.77. The minimum Gasteiger partial charge on any atom is -0.378 e. The summed E-state index contributed by atoms with van der Waals surface area (Å²) in [5, 5.41) is 8.69. The number of carbonyl (C=O) groups excluding carboxylic acids is 2. The SMILES string of the molecule is O=C(Nc1cnn(CC(=O)N2CCOCC2)c1)c1nccc2ccccc12. The second kappa shape index (κ2) is 7.55. The van der Waals surface area contributed by atoms with E-state index in [0.717, 1.165) is 10.8 Å². The molecule has 0 atom stereocenters. The van der Waals surface area contributed by atoms with Crippen LogP contribution in [0.4, 0.5) is 5.69 Å². The predicted molar refractivity (Wildman–Crippen MR) is 99.3 cm³/mol. The third-order valence-electron chi connectivity index (χ3n) is 4.44. The van der Waals surface area contributed by atoms with Crippen LogP contribution in [0.2, 0.25) is 0 Å². The summed E-state index contributed by atoms with van der Waals surface area (Å²) in [6.07, 6.45) is 4.78. The lowest BCUT2D eigenvalue weighted by Gasteiger charge is -2.26. The van der Waals surface area contributed by atoms with E-state index in [9.17, 15) is 9.59 Å². The summed E-state index contributed by atoms with van der Waals surface area (Å²) in [7, 11) is 0. The number of hydrogen-bond donors (Lipinski definition) is 1. The molecule has 0 aliphatic carbocycles. The monoisotopic (exact) mass is 365 g/mol. The van der Waals surface area contributed by atoms with Crippen molar-refractivity contribution in [1.82, 2.24) is 19.7 Å². The zero-order valence-electron chi connectivity index (χ0n) is 14.7. The molecule has 0 radical (unpaired) electrons. The molecule has 0 spiro atoms. The highest BCUT2D eigenvalue weighted by molar-refractivity contribution is 6.11. The number of morpholine rings is 1. The Bertz CT molecular complexity index is 973. The molecule has 3 aromatic rings. The summed E-state index contributed by atoms with van der Waals surface area (Å²) in [5.74, 6) is -0.333. The first-order valence-electron chi connectivity index (χ1n) is 8.74. The number of nitrogens with zero attached hydrogens (tertiary/aromatic N) is 4. The number of nitrogens with one attached hydrogen (secondary N) is 1. The Balaban J connectivity index is 1.44. The van der Waals surface area contributed by atoms with Gasteiger partial charge in [-0.05, 0) is 11.5 Å². The van der Waals surface area contributed by atoms with Crippen LogP contribution < -0.4 is 5.32 Å². The first-order chi connectivity index (χ1) is 13.2. The van der Waals surface area contributed by atoms with Crippen molar-refractivity contribution in [3.63, 3.8) is 0 Å². The molecule has 2 aromatic heterocycles. The van der Waals surface area contributed by atoms with Crippen LogP contribution in [-0.4, -0.2) is 57.8 Å². The lowest BCUT2D eigenvalue weighted by molar-refractivity contribution is -0.136. The van der Waals surface area contributed by atoms with E-state index in [1.54, 1.807) is 17.3 Å². The maximum atomic E-state index is 12.6. The van der Waals surface area contributed by atoms with Crippen LogP contribution in [0.1, 0.15) is 10.5 Å². The molecule has 1 aliphatic heterocycles. The van der Waals surface area contributed by atoms with Gasteiger partial charge in [-0.1, -0.05) is 24.3 Å². The van der Waals surface area contributed by atoms with E-state index in [1.807, 2.05) is 30.3 Å². The Morgan fingerprint density at radius 2 is 1.96 bits per heavy atom. The van der Waals surface area contributed by atoms with Gasteiger partial charge in [0.15, 0.2) is 0 Å². The van der Waals surface area contributed by atoms with Crippen molar-refractivity contribution >= 4 is 28.3 Å². The maximum absolute atomic E-state index is 12.6. The van der Waals surface area contributed by atoms with Crippen molar-refractivity contribution < 1.29 is 14.3 Å². The molecule has 1 fully saturated rings. The second-order valence-electron chi connectivity index (χ2n) is 6.25. The quantitative estimate of drug-likeness (QED) is 0.758. The van der Waals surface area contributed by atoms with Crippen LogP contribution in [0.5, 0.6) is 0 Å². The number of carbonyl (C=O) groups is 2. The van der Waals surface area contributed by atoms with E-state index in [1.165, 1.54) is 10.9 Å². The molecular formula is C19H19N5O3. The smallest absolute Gasteiger partial charge is 0.274 e. The predicted octanol–water partition coefficient (Wildman–Crippen LogP) is 1.54. The number of fused-ring (bicyclic) bond motifs is 1. The van der Waals surface area contributed by atoms with Crippen LogP contribution in [-0.2, 0) is 16.1 Å². The molecule has 0 bridgehead atoms. The summed E-state index contributed by atoms with van der Waals surface area (Å²) in [6, 6.07) is 9.45. The van der Waals surface area contributed by atoms with Crippen molar-refractivity contribution in [2.75, 3.05) is 31.6 Å². The molecule has 0 saturated carbocycles. The first-order valence-corrected chi connectivity index (χ1v) is 8.74. The Kier molecular flexibility index (Phi) is 4.80. The van der Waals surface area contributed by atoms with Crippen molar-refractivity contribution in [3.8, 4) is 0 Å². The first kappa shape index (κ1) is 17.2. The van der Waals surface area contributed by atoms with Gasteiger partial charge in [0.1, 0.15) is 12.2 Å². The van der Waals surface area contributed by atoms with Gasteiger partial charge in [0, 0.05) is 30.9 Å². The number of amides is 2. The standard InChI is InChI=1S/C19H19N5O3/c25-17(23-7-9-27-10-8-23)13-24-12-15(11-21-24)22-19(26)18-16-4-2-1-3-14(16)5-6-20-18/h1-6,11-12H,7-10,13H2,(H,22,26). The van der Waals surface area contributed by atoms with E-state index in [0.29, 0.717) is 37.7 Å². The molecule has 3 heterocycles. The lowest BCUT2D eigenvalue weighted by atomic mass is 10.1. The van der Waals surface area contributed by atoms with E-state index < -0.39 is 0 Å². The summed E-state index contributed by atoms with van der Waals surface area (Å²) in [5.41, 5.74) is 0.870. The van der Waals surface area contributed by atoms with Gasteiger partial charge in [-0.3, -0.25) is 19.3 Å². The molecule has 0 unspecified atom stereocenters. The minimum absolute atomic E-state index is 0.0185. The number of pyridine rings is 1. The Morgan fingerprint density at radius 1 is 1.15 bits per heavy atom. The Morgan fingerprint density at radius 3 is 2.81 bits per heavy atom. The van der Waals surface area contributed by atoms with Crippen molar-refractivity contribution in [3.05, 3.63) is 54.6 Å². The highest BCUT2D eigenvalue weighted by atomic mass is 16.5. The van der Waals surface area contributed by atoms with Crippen LogP contribution in [0.3, 0.4) is 0 Å². The molecule has 27 heavy (non-hydrogen) atoms. The van der Waals surface area contributed by atoms with E-state index in [2.05, 4.69) is 15.4 Å². The average molecular weight is 365 g/mol. The van der Waals surface area contributed by atoms with Gasteiger partial charge in [0.2, 0.25) is 5.91 Å². The van der Waals surface area contributed by atoms with Crippen LogP contribution >= 0.6 is 0 Å². The number of aromatic nitrogens is 3. The zero-order valence-corrected chi connectivity index (χ0v) is 14.7. The summed E-state index contributed by atoms with van der Waals surface area (Å²) in [4.78, 5) is 30.8. The second-order valence-corrected chi connectivity index (χ2v) is 6.25. The van der Waals surface area contributed by atoms with Crippen LogP contribution in [0.15, 0.2) is 48.9 Å². The van der Waals surface area contributed by atoms with Crippen LogP contribution in [0.25, 0.3) is 10.8 Å². The largest absolute Gasteiger partial charge is 0.378 e. The average Bonchev–Trinajstić information content (AvgIpc) is 3.14. The molecule has 8 heteroatoms. The molecule has 4 rings (SSSR count). The number of anilines is 1. The van der Waals surface area contributed by atoms with Crippen molar-refractivity contribution in [2.24, 2.45) is 0 Å². The molecule has 138 valence electrons. The molecule has 8 nitrogen and oxygen atoms in total.